The molecule has 0 saturated heterocycles. The summed E-state index contributed by atoms with van der Waals surface area (Å²) in [4.78, 5) is 12.4. The number of rotatable bonds is 1. The number of para-hydroxylation sites is 1. The van der Waals surface area contributed by atoms with E-state index in [9.17, 15) is 18.0 Å². The molecule has 2 nitrogen and oxygen atoms in total. The second-order valence-corrected chi connectivity index (χ2v) is 4.94. The Bertz CT molecular complexity index is 667. The van der Waals surface area contributed by atoms with Gasteiger partial charge < -0.3 is 4.90 Å². The van der Waals surface area contributed by atoms with Crippen LogP contribution in [0.25, 0.3) is 0 Å². The van der Waals surface area contributed by atoms with E-state index >= 15 is 0 Å². The lowest BCUT2D eigenvalue weighted by atomic mass is 9.93. The summed E-state index contributed by atoms with van der Waals surface area (Å²) in [6.07, 6.45) is -4.86. The van der Waals surface area contributed by atoms with E-state index < -0.39 is 12.1 Å². The highest BCUT2D eigenvalue weighted by Crippen LogP contribution is 2.41. The summed E-state index contributed by atoms with van der Waals surface area (Å²) in [5.74, 6) is -2.04. The van der Waals surface area contributed by atoms with Crippen LogP contribution in [0.5, 0.6) is 0 Å². The average molecular weight is 291 g/mol. The monoisotopic (exact) mass is 291 g/mol. The number of nitrogens with zero attached hydrogens (tertiary/aromatic N) is 1. The first-order chi connectivity index (χ1) is 9.98. The molecule has 0 spiro atoms. The van der Waals surface area contributed by atoms with Crippen molar-refractivity contribution in [3.05, 3.63) is 65.7 Å². The Hall–Kier alpha value is -2.30. The van der Waals surface area contributed by atoms with Crippen molar-refractivity contribution in [1.82, 2.24) is 0 Å². The molecule has 0 aliphatic carbocycles. The van der Waals surface area contributed by atoms with Gasteiger partial charge in [0.05, 0.1) is 0 Å². The minimum atomic E-state index is -4.86. The third-order valence-corrected chi connectivity index (χ3v) is 3.66. The molecule has 5 heteroatoms. The fraction of sp³-hybridized carbons (Fsp3) is 0.188. The molecule has 2 aromatic carbocycles. The molecule has 2 aromatic rings. The van der Waals surface area contributed by atoms with E-state index in [1.807, 2.05) is 30.3 Å². The number of hydrogen-bond donors (Lipinski definition) is 0. The minimum absolute atomic E-state index is 0.0156. The standard InChI is InChI=1S/C16H12F3NO/c17-16(18,19)15(21)20-10-13(11-6-2-1-3-7-11)12-8-4-5-9-14(12)20/h1-9,13H,10H2. The van der Waals surface area contributed by atoms with Crippen molar-refractivity contribution in [3.8, 4) is 0 Å². The molecule has 1 unspecified atom stereocenters. The normalized spacial score (nSPS) is 17.7. The van der Waals surface area contributed by atoms with Crippen molar-refractivity contribution in [1.29, 1.82) is 0 Å². The van der Waals surface area contributed by atoms with Crippen LogP contribution in [0.4, 0.5) is 18.9 Å². The van der Waals surface area contributed by atoms with Crippen molar-refractivity contribution < 1.29 is 18.0 Å². The van der Waals surface area contributed by atoms with E-state index in [2.05, 4.69) is 0 Å². The van der Waals surface area contributed by atoms with Gasteiger partial charge in [0, 0.05) is 18.2 Å². The first-order valence-corrected chi connectivity index (χ1v) is 6.51. The van der Waals surface area contributed by atoms with Crippen LogP contribution in [-0.4, -0.2) is 18.6 Å². The van der Waals surface area contributed by atoms with E-state index in [-0.39, 0.29) is 12.5 Å². The largest absolute Gasteiger partial charge is 0.471 e. The van der Waals surface area contributed by atoms with Crippen LogP contribution in [0, 0.1) is 0 Å². The summed E-state index contributed by atoms with van der Waals surface area (Å²) in [6.45, 7) is 0.0156. The van der Waals surface area contributed by atoms with Gasteiger partial charge in [-0.3, -0.25) is 4.79 Å². The summed E-state index contributed by atoms with van der Waals surface area (Å²) in [7, 11) is 0. The smallest absolute Gasteiger partial charge is 0.303 e. The molecule has 21 heavy (non-hydrogen) atoms. The van der Waals surface area contributed by atoms with Crippen LogP contribution in [0.15, 0.2) is 54.6 Å². The van der Waals surface area contributed by atoms with Gasteiger partial charge >= 0.3 is 12.1 Å². The zero-order valence-electron chi connectivity index (χ0n) is 11.0. The van der Waals surface area contributed by atoms with E-state index in [1.165, 1.54) is 0 Å². The molecule has 1 aliphatic heterocycles. The lowest BCUT2D eigenvalue weighted by molar-refractivity contribution is -0.170. The number of carbonyl (C=O) groups excluding carboxylic acids is 1. The number of alkyl halides is 3. The molecule has 3 rings (SSSR count). The molecular weight excluding hydrogens is 279 g/mol. The fourth-order valence-corrected chi connectivity index (χ4v) is 2.72. The van der Waals surface area contributed by atoms with Crippen LogP contribution >= 0.6 is 0 Å². The highest BCUT2D eigenvalue weighted by molar-refractivity contribution is 5.99. The molecule has 108 valence electrons. The molecule has 1 aliphatic rings. The van der Waals surface area contributed by atoms with Crippen LogP contribution < -0.4 is 4.90 Å². The maximum atomic E-state index is 12.7. The van der Waals surface area contributed by atoms with Crippen LogP contribution in [0.2, 0.25) is 0 Å². The molecule has 0 fully saturated rings. The first-order valence-electron chi connectivity index (χ1n) is 6.51. The Morgan fingerprint density at radius 2 is 1.62 bits per heavy atom. The Labute approximate surface area is 119 Å². The quantitative estimate of drug-likeness (QED) is 0.784. The van der Waals surface area contributed by atoms with Gasteiger partial charge in [0.1, 0.15) is 0 Å². The van der Waals surface area contributed by atoms with Crippen LogP contribution in [0.1, 0.15) is 17.0 Å². The first kappa shape index (κ1) is 13.7. The van der Waals surface area contributed by atoms with Crippen molar-refractivity contribution in [2.75, 3.05) is 11.4 Å². The van der Waals surface area contributed by atoms with Crippen molar-refractivity contribution in [2.45, 2.75) is 12.1 Å². The predicted octanol–water partition coefficient (Wildman–Crippen LogP) is 3.73. The van der Waals surface area contributed by atoms with Crippen LogP contribution in [0.3, 0.4) is 0 Å². The zero-order chi connectivity index (χ0) is 15.0. The third-order valence-electron chi connectivity index (χ3n) is 3.66. The maximum absolute atomic E-state index is 12.7. The van der Waals surface area contributed by atoms with Crippen molar-refractivity contribution >= 4 is 11.6 Å². The van der Waals surface area contributed by atoms with E-state index in [4.69, 9.17) is 0 Å². The average Bonchev–Trinajstić information content (AvgIpc) is 2.86. The molecule has 0 N–H and O–H groups in total. The molecule has 0 saturated carbocycles. The van der Waals surface area contributed by atoms with Crippen molar-refractivity contribution in [2.24, 2.45) is 0 Å². The van der Waals surface area contributed by atoms with Gasteiger partial charge in [-0.2, -0.15) is 13.2 Å². The molecule has 0 radical (unpaired) electrons. The number of halogens is 3. The lowest BCUT2D eigenvalue weighted by Gasteiger charge is -2.19. The third kappa shape index (κ3) is 2.39. The molecular formula is C16H12F3NO. The summed E-state index contributed by atoms with van der Waals surface area (Å²) in [6, 6.07) is 16.0. The molecule has 0 bridgehead atoms. The van der Waals surface area contributed by atoms with Crippen molar-refractivity contribution in [3.63, 3.8) is 0 Å². The number of benzene rings is 2. The van der Waals surface area contributed by atoms with Gasteiger partial charge in [-0.15, -0.1) is 0 Å². The Morgan fingerprint density at radius 3 is 2.29 bits per heavy atom. The summed E-state index contributed by atoms with van der Waals surface area (Å²) < 4.78 is 38.2. The van der Waals surface area contributed by atoms with Gasteiger partial charge in [0.2, 0.25) is 0 Å². The molecule has 1 atom stereocenters. The maximum Gasteiger partial charge on any atom is 0.471 e. The molecule has 0 aromatic heterocycles. The SMILES string of the molecule is O=C(N1CC(c2ccccc2)c2ccccc21)C(F)(F)F. The number of anilines is 1. The number of amides is 1. The number of hydrogen-bond acceptors (Lipinski definition) is 1. The summed E-state index contributed by atoms with van der Waals surface area (Å²) >= 11 is 0. The van der Waals surface area contributed by atoms with Gasteiger partial charge in [-0.25, -0.2) is 0 Å². The lowest BCUT2D eigenvalue weighted by Crippen LogP contribution is -2.40. The predicted molar refractivity (Wildman–Crippen MR) is 73.1 cm³/mol. The number of carbonyl (C=O) groups is 1. The van der Waals surface area contributed by atoms with E-state index in [0.717, 1.165) is 16.0 Å². The summed E-state index contributed by atoms with van der Waals surface area (Å²) in [5, 5.41) is 0. The Morgan fingerprint density at radius 1 is 1.00 bits per heavy atom. The van der Waals surface area contributed by atoms with E-state index in [0.29, 0.717) is 5.69 Å². The molecule has 1 amide bonds. The second kappa shape index (κ2) is 4.91. The Kier molecular flexibility index (Phi) is 3.20. The van der Waals surface area contributed by atoms with E-state index in [1.54, 1.807) is 24.3 Å². The minimum Gasteiger partial charge on any atom is -0.303 e. The second-order valence-electron chi connectivity index (χ2n) is 4.94. The van der Waals surface area contributed by atoms with Gasteiger partial charge in [-0.1, -0.05) is 48.5 Å². The fourth-order valence-electron chi connectivity index (χ4n) is 2.72. The molecule has 1 heterocycles. The zero-order valence-corrected chi connectivity index (χ0v) is 11.0. The number of fused-ring (bicyclic) bond motifs is 1. The van der Waals surface area contributed by atoms with Gasteiger partial charge in [-0.05, 0) is 17.2 Å². The topological polar surface area (TPSA) is 20.3 Å². The van der Waals surface area contributed by atoms with Gasteiger partial charge in [0.25, 0.3) is 0 Å². The Balaban J connectivity index is 2.03. The summed E-state index contributed by atoms with van der Waals surface area (Å²) in [5.41, 5.74) is 2.00. The highest BCUT2D eigenvalue weighted by Gasteiger charge is 2.46. The highest BCUT2D eigenvalue weighted by atomic mass is 19.4. The van der Waals surface area contributed by atoms with Gasteiger partial charge in [0.15, 0.2) is 0 Å². The van der Waals surface area contributed by atoms with Crippen LogP contribution in [-0.2, 0) is 4.79 Å².